The summed E-state index contributed by atoms with van der Waals surface area (Å²) in [6, 6.07) is 7.11. The number of hydrogen-bond acceptors (Lipinski definition) is 3. The van der Waals surface area contributed by atoms with E-state index >= 15 is 0 Å². The topological polar surface area (TPSA) is 84.2 Å². The number of anilines is 2. The van der Waals surface area contributed by atoms with E-state index < -0.39 is 5.41 Å². The first-order valence-electron chi connectivity index (χ1n) is 6.85. The Hall–Kier alpha value is -1.59. The van der Waals surface area contributed by atoms with Crippen molar-refractivity contribution in [3.63, 3.8) is 0 Å². The van der Waals surface area contributed by atoms with E-state index in [1.54, 1.807) is 38.1 Å². The summed E-state index contributed by atoms with van der Waals surface area (Å²) in [5.74, 6) is 0.139. The maximum atomic E-state index is 12.0. The summed E-state index contributed by atoms with van der Waals surface area (Å²) in [5, 5.41) is 5.67. The first-order valence-corrected chi connectivity index (χ1v) is 6.85. The van der Waals surface area contributed by atoms with Crippen LogP contribution in [0.25, 0.3) is 0 Å². The van der Waals surface area contributed by atoms with Gasteiger partial charge in [-0.25, -0.2) is 0 Å². The van der Waals surface area contributed by atoms with Gasteiger partial charge in [-0.05, 0) is 51.0 Å². The molecule has 6 heteroatoms. The van der Waals surface area contributed by atoms with Crippen LogP contribution in [0.2, 0.25) is 0 Å². The molecule has 116 valence electrons. The van der Waals surface area contributed by atoms with Crippen molar-refractivity contribution in [2.24, 2.45) is 17.1 Å². The molecule has 1 aliphatic carbocycles. The highest BCUT2D eigenvalue weighted by atomic mass is 35.5. The van der Waals surface area contributed by atoms with Crippen LogP contribution >= 0.6 is 12.4 Å². The number of nitrogens with two attached hydrogens (primary N) is 1. The molecule has 0 aromatic heterocycles. The molecular weight excluding hydrogens is 290 g/mol. The summed E-state index contributed by atoms with van der Waals surface area (Å²) in [4.78, 5) is 23.6. The lowest BCUT2D eigenvalue weighted by molar-refractivity contribution is -0.123. The van der Waals surface area contributed by atoms with E-state index in [1.807, 2.05) is 0 Å². The number of nitrogens with one attached hydrogen (secondary N) is 2. The van der Waals surface area contributed by atoms with Crippen LogP contribution in [-0.2, 0) is 9.59 Å². The van der Waals surface area contributed by atoms with Crippen molar-refractivity contribution in [3.8, 4) is 0 Å². The van der Waals surface area contributed by atoms with E-state index in [0.717, 1.165) is 18.5 Å². The minimum Gasteiger partial charge on any atom is -0.329 e. The molecule has 2 amide bonds. The Balaban J connectivity index is 0.00000220. The van der Waals surface area contributed by atoms with Crippen molar-refractivity contribution in [2.75, 3.05) is 17.2 Å². The monoisotopic (exact) mass is 311 g/mol. The Morgan fingerprint density at radius 1 is 1.14 bits per heavy atom. The minimum atomic E-state index is -0.598. The smallest absolute Gasteiger partial charge is 0.231 e. The molecule has 1 aromatic carbocycles. The maximum Gasteiger partial charge on any atom is 0.231 e. The average molecular weight is 312 g/mol. The number of hydrogen-bond donors (Lipinski definition) is 3. The summed E-state index contributed by atoms with van der Waals surface area (Å²) in [5.41, 5.74) is 6.41. The summed E-state index contributed by atoms with van der Waals surface area (Å²) in [6.45, 7) is 3.88. The Morgan fingerprint density at radius 2 is 1.62 bits per heavy atom. The van der Waals surface area contributed by atoms with Gasteiger partial charge in [0.15, 0.2) is 0 Å². The minimum absolute atomic E-state index is 0. The molecule has 1 saturated carbocycles. The summed E-state index contributed by atoms with van der Waals surface area (Å²) < 4.78 is 0. The molecule has 0 bridgehead atoms. The van der Waals surface area contributed by atoms with Crippen molar-refractivity contribution >= 4 is 35.6 Å². The molecule has 0 spiro atoms. The zero-order valence-corrected chi connectivity index (χ0v) is 13.1. The maximum absolute atomic E-state index is 12.0. The van der Waals surface area contributed by atoms with Gasteiger partial charge in [0.25, 0.3) is 0 Å². The molecule has 0 radical (unpaired) electrons. The lowest BCUT2D eigenvalue weighted by Crippen LogP contribution is -2.37. The van der Waals surface area contributed by atoms with Crippen molar-refractivity contribution in [1.82, 2.24) is 0 Å². The molecule has 0 heterocycles. The van der Waals surface area contributed by atoms with Crippen LogP contribution in [0.5, 0.6) is 0 Å². The second-order valence-corrected chi connectivity index (χ2v) is 5.88. The number of amides is 2. The van der Waals surface area contributed by atoms with Crippen molar-refractivity contribution in [3.05, 3.63) is 24.3 Å². The van der Waals surface area contributed by atoms with Gasteiger partial charge in [-0.15, -0.1) is 12.4 Å². The summed E-state index contributed by atoms with van der Waals surface area (Å²) in [6.07, 6.45) is 1.96. The second kappa shape index (κ2) is 6.91. The molecule has 0 saturated heterocycles. The molecule has 0 aliphatic heterocycles. The van der Waals surface area contributed by atoms with Crippen LogP contribution in [0.1, 0.15) is 26.7 Å². The quantitative estimate of drug-likeness (QED) is 0.780. The molecule has 4 N–H and O–H groups in total. The number of carbonyl (C=O) groups is 2. The van der Waals surface area contributed by atoms with E-state index in [-0.39, 0.29) is 36.7 Å². The molecule has 21 heavy (non-hydrogen) atoms. The van der Waals surface area contributed by atoms with E-state index in [1.165, 1.54) is 0 Å². The van der Waals surface area contributed by atoms with Gasteiger partial charge in [0, 0.05) is 23.8 Å². The van der Waals surface area contributed by atoms with Crippen molar-refractivity contribution in [1.29, 1.82) is 0 Å². The van der Waals surface area contributed by atoms with Crippen LogP contribution in [0.3, 0.4) is 0 Å². The van der Waals surface area contributed by atoms with Gasteiger partial charge in [0.2, 0.25) is 11.8 Å². The molecule has 0 atom stereocenters. The van der Waals surface area contributed by atoms with E-state index in [9.17, 15) is 9.59 Å². The lowest BCUT2D eigenvalue weighted by atomic mass is 9.92. The molecule has 5 nitrogen and oxygen atoms in total. The van der Waals surface area contributed by atoms with Crippen LogP contribution in [-0.4, -0.2) is 18.4 Å². The zero-order chi connectivity index (χ0) is 14.8. The lowest BCUT2D eigenvalue weighted by Gasteiger charge is -2.21. The molecular formula is C15H22ClN3O2. The van der Waals surface area contributed by atoms with Gasteiger partial charge in [-0.3, -0.25) is 9.59 Å². The molecule has 2 rings (SSSR count). The Kier molecular flexibility index (Phi) is 5.75. The van der Waals surface area contributed by atoms with Crippen LogP contribution in [0, 0.1) is 11.3 Å². The van der Waals surface area contributed by atoms with E-state index in [4.69, 9.17) is 5.73 Å². The standard InChI is InChI=1S/C15H21N3O2.ClH/c1-15(2,9-16)14(20)18-12-7-5-11(6-8-12)17-13(19)10-3-4-10;/h5-8,10H,3-4,9,16H2,1-2H3,(H,17,19)(H,18,20);1H. The fraction of sp³-hybridized carbons (Fsp3) is 0.467. The third-order valence-electron chi connectivity index (χ3n) is 3.48. The highest BCUT2D eigenvalue weighted by Crippen LogP contribution is 2.30. The fourth-order valence-corrected chi connectivity index (χ4v) is 1.62. The summed E-state index contributed by atoms with van der Waals surface area (Å²) >= 11 is 0. The van der Waals surface area contributed by atoms with Gasteiger partial charge in [-0.2, -0.15) is 0 Å². The van der Waals surface area contributed by atoms with E-state index in [0.29, 0.717) is 5.69 Å². The Morgan fingerprint density at radius 3 is 2.05 bits per heavy atom. The largest absolute Gasteiger partial charge is 0.329 e. The Labute approximate surface area is 131 Å². The Bertz CT molecular complexity index is 510. The summed E-state index contributed by atoms with van der Waals surface area (Å²) in [7, 11) is 0. The first kappa shape index (κ1) is 17.5. The molecule has 1 aliphatic rings. The van der Waals surface area contributed by atoms with Gasteiger partial charge >= 0.3 is 0 Å². The fourth-order valence-electron chi connectivity index (χ4n) is 1.62. The number of halogens is 1. The predicted molar refractivity (Wildman–Crippen MR) is 86.5 cm³/mol. The number of benzene rings is 1. The zero-order valence-electron chi connectivity index (χ0n) is 12.3. The van der Waals surface area contributed by atoms with Crippen LogP contribution in [0.4, 0.5) is 11.4 Å². The second-order valence-electron chi connectivity index (χ2n) is 5.88. The first-order chi connectivity index (χ1) is 9.42. The highest BCUT2D eigenvalue weighted by molar-refractivity contribution is 5.96. The normalized spacial score (nSPS) is 14.0. The SMILES string of the molecule is CC(C)(CN)C(=O)Nc1ccc(NC(=O)C2CC2)cc1.Cl. The van der Waals surface area contributed by atoms with Crippen LogP contribution < -0.4 is 16.4 Å². The van der Waals surface area contributed by atoms with E-state index in [2.05, 4.69) is 10.6 Å². The van der Waals surface area contributed by atoms with Gasteiger partial charge in [0.1, 0.15) is 0 Å². The average Bonchev–Trinajstić information content (AvgIpc) is 3.25. The van der Waals surface area contributed by atoms with Gasteiger partial charge in [-0.1, -0.05) is 0 Å². The van der Waals surface area contributed by atoms with Gasteiger partial charge < -0.3 is 16.4 Å². The third kappa shape index (κ3) is 4.72. The number of rotatable bonds is 5. The predicted octanol–water partition coefficient (Wildman–Crippen LogP) is 2.38. The highest BCUT2D eigenvalue weighted by Gasteiger charge is 2.29. The molecule has 1 aromatic rings. The molecule has 1 fully saturated rings. The van der Waals surface area contributed by atoms with Crippen molar-refractivity contribution in [2.45, 2.75) is 26.7 Å². The van der Waals surface area contributed by atoms with Crippen LogP contribution in [0.15, 0.2) is 24.3 Å². The van der Waals surface area contributed by atoms with Crippen molar-refractivity contribution < 1.29 is 9.59 Å². The molecule has 0 unspecified atom stereocenters. The van der Waals surface area contributed by atoms with Gasteiger partial charge in [0.05, 0.1) is 5.41 Å². The number of carbonyl (C=O) groups excluding carboxylic acids is 2. The third-order valence-corrected chi connectivity index (χ3v) is 3.48.